The average Bonchev–Trinajstić information content (AvgIpc) is 1.86. The fourth-order valence-corrected chi connectivity index (χ4v) is 1.29. The third-order valence-corrected chi connectivity index (χ3v) is 1.98. The summed E-state index contributed by atoms with van der Waals surface area (Å²) in [4.78, 5) is 10.6. The Hall–Kier alpha value is -0.0200. The molecule has 0 aliphatic heterocycles. The van der Waals surface area contributed by atoms with E-state index < -0.39 is 0 Å². The van der Waals surface area contributed by atoms with Gasteiger partial charge in [-0.05, 0) is 13.3 Å². The van der Waals surface area contributed by atoms with Crippen molar-refractivity contribution in [2.75, 3.05) is 6.61 Å². The zero-order valence-corrected chi connectivity index (χ0v) is 8.24. The first-order valence-corrected chi connectivity index (χ1v) is 4.83. The van der Waals surface area contributed by atoms with E-state index in [0.717, 1.165) is 19.4 Å². The van der Waals surface area contributed by atoms with Gasteiger partial charge in [0.1, 0.15) is 5.44 Å². The maximum Gasteiger partial charge on any atom is 0.188 e. The van der Waals surface area contributed by atoms with Crippen LogP contribution in [0.4, 0.5) is 0 Å². The molecule has 0 saturated carbocycles. The molecule has 3 heteroatoms. The summed E-state index contributed by atoms with van der Waals surface area (Å²) in [5, 5.41) is 0.119. The summed E-state index contributed by atoms with van der Waals surface area (Å²) in [6.45, 7) is 6.34. The molecule has 0 amide bonds. The highest BCUT2D eigenvalue weighted by Crippen LogP contribution is 2.12. The molecule has 0 bridgehead atoms. The first-order chi connectivity index (χ1) is 5.16. The van der Waals surface area contributed by atoms with Crippen molar-refractivity contribution in [3.05, 3.63) is 0 Å². The molecule has 0 saturated heterocycles. The largest absolute Gasteiger partial charge is 0.367 e. The van der Waals surface area contributed by atoms with E-state index in [9.17, 15) is 4.79 Å². The Morgan fingerprint density at radius 3 is 2.73 bits per heavy atom. The van der Waals surface area contributed by atoms with Gasteiger partial charge in [-0.15, -0.1) is 0 Å². The van der Waals surface area contributed by atoms with E-state index >= 15 is 0 Å². The first kappa shape index (κ1) is 11.0. The number of unbranched alkanes of at least 4 members (excludes halogenated alkanes) is 1. The quantitative estimate of drug-likeness (QED) is 0.475. The van der Waals surface area contributed by atoms with Crippen LogP contribution in [0.1, 0.15) is 33.6 Å². The molecule has 0 aliphatic carbocycles. The molecule has 2 nitrogen and oxygen atoms in total. The summed E-state index contributed by atoms with van der Waals surface area (Å²) in [6, 6.07) is 0. The highest BCUT2D eigenvalue weighted by atomic mass is 32.2. The predicted octanol–water partition coefficient (Wildman–Crippen LogP) is 2.43. The van der Waals surface area contributed by atoms with Crippen molar-refractivity contribution >= 4 is 16.9 Å². The van der Waals surface area contributed by atoms with Crippen LogP contribution in [0.15, 0.2) is 0 Å². The Kier molecular flexibility index (Phi) is 6.66. The molecule has 1 atom stereocenters. The standard InChI is InChI=1S/C8H16O2S/c1-4-5-6-10-8(3)11-7(2)9/h8H,4-6H2,1-3H3/t8-/m0/s1. The zero-order chi connectivity index (χ0) is 8.69. The van der Waals surface area contributed by atoms with Crippen LogP contribution in [0.2, 0.25) is 0 Å². The minimum Gasteiger partial charge on any atom is -0.367 e. The van der Waals surface area contributed by atoms with E-state index in [0.29, 0.717) is 0 Å². The zero-order valence-electron chi connectivity index (χ0n) is 7.42. The summed E-state index contributed by atoms with van der Waals surface area (Å²) >= 11 is 1.24. The summed E-state index contributed by atoms with van der Waals surface area (Å²) < 4.78 is 5.34. The molecule has 0 aromatic carbocycles. The van der Waals surface area contributed by atoms with Gasteiger partial charge < -0.3 is 4.74 Å². The van der Waals surface area contributed by atoms with Crippen LogP contribution in [0.5, 0.6) is 0 Å². The molecular formula is C8H16O2S. The van der Waals surface area contributed by atoms with Gasteiger partial charge >= 0.3 is 0 Å². The highest BCUT2D eigenvalue weighted by Gasteiger charge is 2.04. The van der Waals surface area contributed by atoms with Gasteiger partial charge in [0.15, 0.2) is 5.12 Å². The van der Waals surface area contributed by atoms with Crippen LogP contribution >= 0.6 is 11.8 Å². The Morgan fingerprint density at radius 2 is 2.27 bits per heavy atom. The lowest BCUT2D eigenvalue weighted by atomic mass is 10.4. The Bertz CT molecular complexity index is 115. The van der Waals surface area contributed by atoms with Crippen LogP contribution in [0.3, 0.4) is 0 Å². The molecule has 66 valence electrons. The number of carbonyl (C=O) groups is 1. The second-order valence-electron chi connectivity index (χ2n) is 2.40. The Morgan fingerprint density at radius 1 is 1.64 bits per heavy atom. The Balaban J connectivity index is 3.22. The summed E-state index contributed by atoms with van der Waals surface area (Å²) in [6.07, 6.45) is 2.21. The molecule has 0 N–H and O–H groups in total. The molecule has 0 heterocycles. The van der Waals surface area contributed by atoms with E-state index in [2.05, 4.69) is 6.92 Å². The smallest absolute Gasteiger partial charge is 0.188 e. The fourth-order valence-electron chi connectivity index (χ4n) is 0.661. The van der Waals surface area contributed by atoms with Crippen molar-refractivity contribution in [1.82, 2.24) is 0 Å². The minimum absolute atomic E-state index is 0.0130. The van der Waals surface area contributed by atoms with Gasteiger partial charge in [0.2, 0.25) is 0 Å². The Labute approximate surface area is 72.7 Å². The maximum absolute atomic E-state index is 10.6. The maximum atomic E-state index is 10.6. The lowest BCUT2D eigenvalue weighted by molar-refractivity contribution is -0.109. The van der Waals surface area contributed by atoms with Gasteiger partial charge in [0.25, 0.3) is 0 Å². The van der Waals surface area contributed by atoms with E-state index in [1.807, 2.05) is 6.92 Å². The summed E-state index contributed by atoms with van der Waals surface area (Å²) in [5.41, 5.74) is 0.0130. The second-order valence-corrected chi connectivity index (χ2v) is 3.88. The van der Waals surface area contributed by atoms with Crippen molar-refractivity contribution in [2.24, 2.45) is 0 Å². The predicted molar refractivity (Wildman–Crippen MR) is 48.6 cm³/mol. The molecular weight excluding hydrogens is 160 g/mol. The molecule has 0 radical (unpaired) electrons. The van der Waals surface area contributed by atoms with Gasteiger partial charge in [0, 0.05) is 13.5 Å². The van der Waals surface area contributed by atoms with Crippen LogP contribution in [-0.4, -0.2) is 17.2 Å². The van der Waals surface area contributed by atoms with Crippen molar-refractivity contribution in [3.63, 3.8) is 0 Å². The van der Waals surface area contributed by atoms with Crippen molar-refractivity contribution < 1.29 is 9.53 Å². The molecule has 11 heavy (non-hydrogen) atoms. The number of hydrogen-bond acceptors (Lipinski definition) is 3. The molecule has 0 fully saturated rings. The van der Waals surface area contributed by atoms with E-state index in [1.54, 1.807) is 6.92 Å². The van der Waals surface area contributed by atoms with Crippen molar-refractivity contribution in [1.29, 1.82) is 0 Å². The summed E-state index contributed by atoms with van der Waals surface area (Å²) in [7, 11) is 0. The van der Waals surface area contributed by atoms with Crippen LogP contribution in [0, 0.1) is 0 Å². The summed E-state index contributed by atoms with van der Waals surface area (Å²) in [5.74, 6) is 0. The number of carbonyl (C=O) groups excluding carboxylic acids is 1. The minimum atomic E-state index is 0.0130. The normalized spacial score (nSPS) is 13.0. The lowest BCUT2D eigenvalue weighted by Crippen LogP contribution is -2.06. The van der Waals surface area contributed by atoms with Gasteiger partial charge in [-0.3, -0.25) is 4.79 Å². The molecule has 0 spiro atoms. The third-order valence-electron chi connectivity index (χ3n) is 1.18. The monoisotopic (exact) mass is 176 g/mol. The topological polar surface area (TPSA) is 26.3 Å². The van der Waals surface area contributed by atoms with Crippen molar-refractivity contribution in [2.45, 2.75) is 39.0 Å². The number of thioether (sulfide) groups is 1. The van der Waals surface area contributed by atoms with Gasteiger partial charge in [-0.25, -0.2) is 0 Å². The molecule has 0 aromatic heterocycles. The van der Waals surface area contributed by atoms with Crippen LogP contribution in [0.25, 0.3) is 0 Å². The lowest BCUT2D eigenvalue weighted by Gasteiger charge is -2.09. The van der Waals surface area contributed by atoms with Gasteiger partial charge in [-0.2, -0.15) is 0 Å². The van der Waals surface area contributed by atoms with E-state index in [-0.39, 0.29) is 10.6 Å². The van der Waals surface area contributed by atoms with E-state index in [4.69, 9.17) is 4.74 Å². The third kappa shape index (κ3) is 7.88. The molecule has 0 unspecified atom stereocenters. The fraction of sp³-hybridized carbons (Fsp3) is 0.875. The molecule has 0 aromatic rings. The second kappa shape index (κ2) is 6.68. The van der Waals surface area contributed by atoms with E-state index in [1.165, 1.54) is 11.8 Å². The van der Waals surface area contributed by atoms with Crippen molar-refractivity contribution in [3.8, 4) is 0 Å². The molecule has 0 rings (SSSR count). The number of ether oxygens (including phenoxy) is 1. The van der Waals surface area contributed by atoms with Gasteiger partial charge in [0.05, 0.1) is 0 Å². The molecule has 0 aliphatic rings. The van der Waals surface area contributed by atoms with Gasteiger partial charge in [-0.1, -0.05) is 25.1 Å². The number of hydrogen-bond donors (Lipinski definition) is 0. The highest BCUT2D eigenvalue weighted by molar-refractivity contribution is 8.13. The SMILES string of the molecule is CCCCO[C@H](C)SC(C)=O. The van der Waals surface area contributed by atoms with Crippen LogP contribution in [-0.2, 0) is 9.53 Å². The number of rotatable bonds is 5. The average molecular weight is 176 g/mol. The van der Waals surface area contributed by atoms with Crippen LogP contribution < -0.4 is 0 Å². The first-order valence-electron chi connectivity index (χ1n) is 3.95.